The van der Waals surface area contributed by atoms with Gasteiger partial charge >= 0.3 is 0 Å². The molecule has 0 N–H and O–H groups in total. The number of aryl methyl sites for hydroxylation is 1. The van der Waals surface area contributed by atoms with Crippen LogP contribution in [0.4, 0.5) is 5.69 Å². The Morgan fingerprint density at radius 2 is 2.25 bits per heavy atom. The first-order chi connectivity index (χ1) is 7.47. The van der Waals surface area contributed by atoms with Crippen molar-refractivity contribution in [3.05, 3.63) is 33.6 Å². The van der Waals surface area contributed by atoms with E-state index < -0.39 is 10.8 Å². The van der Waals surface area contributed by atoms with Gasteiger partial charge in [0.05, 0.1) is 10.8 Å². The van der Waals surface area contributed by atoms with Gasteiger partial charge in [0.25, 0.3) is 5.69 Å². The van der Waals surface area contributed by atoms with Crippen LogP contribution in [0.5, 0.6) is 0 Å². The van der Waals surface area contributed by atoms with Gasteiger partial charge in [0.1, 0.15) is 11.5 Å². The Morgan fingerprint density at radius 3 is 2.69 bits per heavy atom. The Bertz CT molecular complexity index is 429. The van der Waals surface area contributed by atoms with Gasteiger partial charge in [0.15, 0.2) is 0 Å². The van der Waals surface area contributed by atoms with E-state index in [0.29, 0.717) is 12.0 Å². The first kappa shape index (κ1) is 12.3. The number of aromatic nitrogens is 1. The number of pyridine rings is 1. The highest BCUT2D eigenvalue weighted by atomic mass is 16.6. The second-order valence-electron chi connectivity index (χ2n) is 3.75. The molecule has 0 spiro atoms. The van der Waals surface area contributed by atoms with Gasteiger partial charge in [-0.1, -0.05) is 6.92 Å². The van der Waals surface area contributed by atoms with E-state index in [1.807, 2.05) is 6.92 Å². The standard InChI is InChI=1S/C11H14N2O3/c1-4-9(8(3)14)11-10(13(15)16)5-7(2)6-12-11/h5-6,9H,4H2,1-3H3. The van der Waals surface area contributed by atoms with E-state index in [-0.39, 0.29) is 17.2 Å². The lowest BCUT2D eigenvalue weighted by Crippen LogP contribution is -2.12. The molecule has 0 fully saturated rings. The topological polar surface area (TPSA) is 73.1 Å². The Hall–Kier alpha value is -1.78. The minimum Gasteiger partial charge on any atom is -0.299 e. The largest absolute Gasteiger partial charge is 0.299 e. The predicted molar refractivity (Wildman–Crippen MR) is 59.3 cm³/mol. The summed E-state index contributed by atoms with van der Waals surface area (Å²) in [6.45, 7) is 4.98. The smallest absolute Gasteiger partial charge is 0.291 e. The van der Waals surface area contributed by atoms with Crippen molar-refractivity contribution in [2.75, 3.05) is 0 Å². The summed E-state index contributed by atoms with van der Waals surface area (Å²) in [5, 5.41) is 10.9. The van der Waals surface area contributed by atoms with E-state index in [1.54, 1.807) is 13.1 Å². The molecule has 1 heterocycles. The van der Waals surface area contributed by atoms with Crippen LogP contribution >= 0.6 is 0 Å². The molecule has 0 saturated carbocycles. The third-order valence-electron chi connectivity index (χ3n) is 2.46. The quantitative estimate of drug-likeness (QED) is 0.579. The van der Waals surface area contributed by atoms with Crippen LogP contribution in [0.25, 0.3) is 0 Å². The Kier molecular flexibility index (Phi) is 3.71. The zero-order valence-corrected chi connectivity index (χ0v) is 9.56. The molecule has 0 aromatic carbocycles. The molecule has 0 amide bonds. The summed E-state index contributed by atoms with van der Waals surface area (Å²) in [6.07, 6.45) is 2.07. The summed E-state index contributed by atoms with van der Waals surface area (Å²) in [7, 11) is 0. The highest BCUT2D eigenvalue weighted by Gasteiger charge is 2.25. The van der Waals surface area contributed by atoms with Gasteiger partial charge in [-0.15, -0.1) is 0 Å². The number of Topliss-reactive ketones (excluding diaryl/α,β-unsaturated/α-hetero) is 1. The Balaban J connectivity index is 3.31. The molecule has 0 bridgehead atoms. The van der Waals surface area contributed by atoms with Gasteiger partial charge in [-0.05, 0) is 25.8 Å². The molecular formula is C11H14N2O3. The highest BCUT2D eigenvalue weighted by molar-refractivity contribution is 5.83. The molecule has 0 aliphatic rings. The van der Waals surface area contributed by atoms with E-state index in [2.05, 4.69) is 4.98 Å². The summed E-state index contributed by atoms with van der Waals surface area (Å²) in [5.41, 5.74) is 0.918. The molecule has 5 heteroatoms. The molecule has 86 valence electrons. The third kappa shape index (κ3) is 2.42. The van der Waals surface area contributed by atoms with E-state index in [4.69, 9.17) is 0 Å². The van der Waals surface area contributed by atoms with Crippen LogP contribution in [0.2, 0.25) is 0 Å². The maximum Gasteiger partial charge on any atom is 0.291 e. The summed E-state index contributed by atoms with van der Waals surface area (Å²) >= 11 is 0. The molecule has 1 unspecified atom stereocenters. The average Bonchev–Trinajstić information content (AvgIpc) is 2.20. The summed E-state index contributed by atoms with van der Waals surface area (Å²) < 4.78 is 0. The fourth-order valence-electron chi connectivity index (χ4n) is 1.65. The molecule has 0 aliphatic carbocycles. The first-order valence-electron chi connectivity index (χ1n) is 5.08. The summed E-state index contributed by atoms with van der Waals surface area (Å²) in [4.78, 5) is 25.8. The summed E-state index contributed by atoms with van der Waals surface area (Å²) in [5.74, 6) is -0.581. The monoisotopic (exact) mass is 222 g/mol. The van der Waals surface area contributed by atoms with Crippen LogP contribution in [-0.4, -0.2) is 15.7 Å². The third-order valence-corrected chi connectivity index (χ3v) is 2.46. The minimum absolute atomic E-state index is 0.0675. The van der Waals surface area contributed by atoms with Crippen LogP contribution < -0.4 is 0 Å². The molecule has 1 atom stereocenters. The SMILES string of the molecule is CCC(C(C)=O)c1ncc(C)cc1[N+](=O)[O-]. The van der Waals surface area contributed by atoms with Crippen molar-refractivity contribution in [2.24, 2.45) is 0 Å². The number of nitro groups is 1. The summed E-state index contributed by atoms with van der Waals surface area (Å²) in [6, 6.07) is 1.45. The normalized spacial score (nSPS) is 12.2. The second-order valence-corrected chi connectivity index (χ2v) is 3.75. The number of hydrogen-bond acceptors (Lipinski definition) is 4. The molecule has 0 aliphatic heterocycles. The molecule has 0 radical (unpaired) electrons. The van der Waals surface area contributed by atoms with E-state index in [9.17, 15) is 14.9 Å². The van der Waals surface area contributed by atoms with Crippen molar-refractivity contribution >= 4 is 11.5 Å². The van der Waals surface area contributed by atoms with Gasteiger partial charge in [0, 0.05) is 12.3 Å². The fraction of sp³-hybridized carbons (Fsp3) is 0.455. The van der Waals surface area contributed by atoms with Crippen molar-refractivity contribution in [3.8, 4) is 0 Å². The van der Waals surface area contributed by atoms with Crippen LogP contribution in [0.3, 0.4) is 0 Å². The van der Waals surface area contributed by atoms with Crippen molar-refractivity contribution in [2.45, 2.75) is 33.1 Å². The van der Waals surface area contributed by atoms with Gasteiger partial charge < -0.3 is 0 Å². The van der Waals surface area contributed by atoms with Crippen LogP contribution in [0.1, 0.15) is 37.4 Å². The van der Waals surface area contributed by atoms with Crippen molar-refractivity contribution in [1.82, 2.24) is 4.98 Å². The van der Waals surface area contributed by atoms with E-state index in [0.717, 1.165) is 0 Å². The highest BCUT2D eigenvalue weighted by Crippen LogP contribution is 2.28. The Morgan fingerprint density at radius 1 is 1.62 bits per heavy atom. The molecular weight excluding hydrogens is 208 g/mol. The number of hydrogen-bond donors (Lipinski definition) is 0. The number of ketones is 1. The second kappa shape index (κ2) is 4.83. The number of carbonyl (C=O) groups excluding carboxylic acids is 1. The molecule has 1 rings (SSSR count). The van der Waals surface area contributed by atoms with Gasteiger partial charge in [-0.25, -0.2) is 0 Å². The maximum absolute atomic E-state index is 11.4. The van der Waals surface area contributed by atoms with Crippen molar-refractivity contribution in [3.63, 3.8) is 0 Å². The first-order valence-corrected chi connectivity index (χ1v) is 5.08. The fourth-order valence-corrected chi connectivity index (χ4v) is 1.65. The lowest BCUT2D eigenvalue weighted by Gasteiger charge is -2.10. The average molecular weight is 222 g/mol. The van der Waals surface area contributed by atoms with E-state index >= 15 is 0 Å². The molecule has 16 heavy (non-hydrogen) atoms. The van der Waals surface area contributed by atoms with Crippen LogP contribution in [-0.2, 0) is 4.79 Å². The Labute approximate surface area is 93.7 Å². The van der Waals surface area contributed by atoms with Gasteiger partial charge in [0.2, 0.25) is 0 Å². The zero-order chi connectivity index (χ0) is 12.3. The van der Waals surface area contributed by atoms with Crippen molar-refractivity contribution < 1.29 is 9.72 Å². The molecule has 5 nitrogen and oxygen atoms in total. The minimum atomic E-state index is -0.485. The van der Waals surface area contributed by atoms with Crippen molar-refractivity contribution in [1.29, 1.82) is 0 Å². The van der Waals surface area contributed by atoms with Gasteiger partial charge in [-0.3, -0.25) is 19.9 Å². The predicted octanol–water partition coefficient (Wildman–Crippen LogP) is 2.38. The van der Waals surface area contributed by atoms with E-state index in [1.165, 1.54) is 13.0 Å². The molecule has 0 saturated heterocycles. The lowest BCUT2D eigenvalue weighted by molar-refractivity contribution is -0.386. The van der Waals surface area contributed by atoms with Crippen LogP contribution in [0.15, 0.2) is 12.3 Å². The molecule has 1 aromatic rings. The number of rotatable bonds is 4. The molecule has 1 aromatic heterocycles. The number of nitrogens with zero attached hydrogens (tertiary/aromatic N) is 2. The zero-order valence-electron chi connectivity index (χ0n) is 9.56. The lowest BCUT2D eigenvalue weighted by atomic mass is 9.96. The number of carbonyl (C=O) groups is 1. The van der Waals surface area contributed by atoms with Crippen LogP contribution in [0, 0.1) is 17.0 Å². The maximum atomic E-state index is 11.4. The van der Waals surface area contributed by atoms with Gasteiger partial charge in [-0.2, -0.15) is 0 Å².